The second kappa shape index (κ2) is 2.35. The Labute approximate surface area is 66.7 Å². The van der Waals surface area contributed by atoms with Crippen LogP contribution in [0.1, 0.15) is 6.42 Å². The van der Waals surface area contributed by atoms with Crippen LogP contribution < -0.4 is 0 Å². The topological polar surface area (TPSA) is 20.2 Å². The van der Waals surface area contributed by atoms with E-state index in [-0.39, 0.29) is 12.0 Å². The maximum absolute atomic E-state index is 9.23. The Bertz CT molecular complexity index is 237. The van der Waals surface area contributed by atoms with E-state index in [2.05, 4.69) is 24.3 Å². The predicted molar refractivity (Wildman–Crippen MR) is 45.0 cm³/mol. The first-order valence-electron chi connectivity index (χ1n) is 4.01. The summed E-state index contributed by atoms with van der Waals surface area (Å²) < 4.78 is 0. The molecule has 58 valence electrons. The molecule has 2 rings (SSSR count). The van der Waals surface area contributed by atoms with Crippen LogP contribution in [0.4, 0.5) is 0 Å². The minimum atomic E-state index is 0.00868. The van der Waals surface area contributed by atoms with Crippen LogP contribution in [0.15, 0.2) is 36.5 Å². The molecule has 0 aromatic rings. The summed E-state index contributed by atoms with van der Waals surface area (Å²) in [6, 6.07) is 0. The van der Waals surface area contributed by atoms with Gasteiger partial charge < -0.3 is 5.11 Å². The van der Waals surface area contributed by atoms with Crippen LogP contribution in [0.2, 0.25) is 0 Å². The third-order valence-electron chi connectivity index (χ3n) is 2.66. The van der Waals surface area contributed by atoms with Gasteiger partial charge in [-0.3, -0.25) is 0 Å². The molecule has 0 heterocycles. The molecule has 0 aromatic heterocycles. The monoisotopic (exact) mass is 148 g/mol. The number of allylic oxidation sites excluding steroid dienone is 5. The Morgan fingerprint density at radius 3 is 3.00 bits per heavy atom. The molecule has 0 unspecified atom stereocenters. The second-order valence-corrected chi connectivity index (χ2v) is 3.29. The number of hydrogen-bond donors (Lipinski definition) is 1. The van der Waals surface area contributed by atoms with Crippen LogP contribution in [0.3, 0.4) is 0 Å². The standard InChI is InChI=1S/C10H12O/c11-8-10-6-2-1-4-9(10)5-3-7-10/h1-6,9,11H,7-8H2/t9-,10+/m0/s1. The summed E-state index contributed by atoms with van der Waals surface area (Å²) in [6.45, 7) is 0.255. The van der Waals surface area contributed by atoms with Crippen LogP contribution in [0, 0.1) is 11.3 Å². The molecule has 0 saturated heterocycles. The molecule has 1 nitrogen and oxygen atoms in total. The molecule has 0 saturated carbocycles. The van der Waals surface area contributed by atoms with Gasteiger partial charge in [-0.2, -0.15) is 0 Å². The molecule has 0 spiro atoms. The highest BCUT2D eigenvalue weighted by atomic mass is 16.3. The van der Waals surface area contributed by atoms with Crippen LogP contribution in [-0.4, -0.2) is 11.7 Å². The van der Waals surface area contributed by atoms with Crippen LogP contribution in [0.25, 0.3) is 0 Å². The normalized spacial score (nSPS) is 39.5. The molecular formula is C10H12O. The maximum atomic E-state index is 9.23. The minimum absolute atomic E-state index is 0.00868. The highest BCUT2D eigenvalue weighted by Crippen LogP contribution is 2.42. The molecule has 2 aliphatic rings. The molecule has 11 heavy (non-hydrogen) atoms. The van der Waals surface area contributed by atoms with Crippen molar-refractivity contribution in [3.8, 4) is 0 Å². The lowest BCUT2D eigenvalue weighted by Crippen LogP contribution is -2.27. The van der Waals surface area contributed by atoms with Gasteiger partial charge in [0.1, 0.15) is 0 Å². The fourth-order valence-electron chi connectivity index (χ4n) is 1.85. The van der Waals surface area contributed by atoms with Gasteiger partial charge >= 0.3 is 0 Å². The van der Waals surface area contributed by atoms with E-state index in [1.54, 1.807) is 0 Å². The second-order valence-electron chi connectivity index (χ2n) is 3.29. The van der Waals surface area contributed by atoms with Gasteiger partial charge in [0.15, 0.2) is 0 Å². The Morgan fingerprint density at radius 2 is 2.27 bits per heavy atom. The van der Waals surface area contributed by atoms with Crippen molar-refractivity contribution in [2.45, 2.75) is 6.42 Å². The molecule has 0 fully saturated rings. The van der Waals surface area contributed by atoms with Gasteiger partial charge in [0.05, 0.1) is 6.61 Å². The van der Waals surface area contributed by atoms with Crippen molar-refractivity contribution in [2.75, 3.05) is 6.61 Å². The molecule has 0 amide bonds. The molecule has 2 atom stereocenters. The van der Waals surface area contributed by atoms with Crippen molar-refractivity contribution >= 4 is 0 Å². The van der Waals surface area contributed by atoms with Crippen molar-refractivity contribution < 1.29 is 5.11 Å². The van der Waals surface area contributed by atoms with Gasteiger partial charge in [0.2, 0.25) is 0 Å². The first-order valence-corrected chi connectivity index (χ1v) is 4.01. The van der Waals surface area contributed by atoms with E-state index >= 15 is 0 Å². The molecule has 0 bridgehead atoms. The number of aliphatic hydroxyl groups is 1. The van der Waals surface area contributed by atoms with Crippen molar-refractivity contribution in [3.63, 3.8) is 0 Å². The molecule has 0 aromatic carbocycles. The zero-order valence-corrected chi connectivity index (χ0v) is 6.40. The predicted octanol–water partition coefficient (Wildman–Crippen LogP) is 1.67. The van der Waals surface area contributed by atoms with Crippen molar-refractivity contribution in [3.05, 3.63) is 36.5 Å². The first kappa shape index (κ1) is 6.86. The van der Waals surface area contributed by atoms with Crippen molar-refractivity contribution in [2.24, 2.45) is 11.3 Å². The Kier molecular flexibility index (Phi) is 1.46. The van der Waals surface area contributed by atoms with E-state index in [9.17, 15) is 5.11 Å². The van der Waals surface area contributed by atoms with E-state index < -0.39 is 0 Å². The zero-order valence-electron chi connectivity index (χ0n) is 6.40. The molecule has 1 N–H and O–H groups in total. The Hall–Kier alpha value is -0.820. The Balaban J connectivity index is 2.32. The molecule has 1 heteroatoms. The number of fused-ring (bicyclic) bond motifs is 1. The average molecular weight is 148 g/mol. The average Bonchev–Trinajstić information content (AvgIpc) is 2.48. The number of aliphatic hydroxyl groups excluding tert-OH is 1. The number of hydrogen-bond acceptors (Lipinski definition) is 1. The first-order chi connectivity index (χ1) is 5.37. The Morgan fingerprint density at radius 1 is 1.36 bits per heavy atom. The lowest BCUT2D eigenvalue weighted by Gasteiger charge is -2.30. The molecule has 0 radical (unpaired) electrons. The van der Waals surface area contributed by atoms with Crippen LogP contribution in [0.5, 0.6) is 0 Å². The maximum Gasteiger partial charge on any atom is 0.0533 e. The number of rotatable bonds is 1. The molecule has 2 aliphatic carbocycles. The fourth-order valence-corrected chi connectivity index (χ4v) is 1.85. The lowest BCUT2D eigenvalue weighted by atomic mass is 9.75. The lowest BCUT2D eigenvalue weighted by molar-refractivity contribution is 0.154. The summed E-state index contributed by atoms with van der Waals surface area (Å²) in [6.07, 6.45) is 13.7. The quantitative estimate of drug-likeness (QED) is 0.561. The zero-order chi connectivity index (χ0) is 7.73. The van der Waals surface area contributed by atoms with Crippen molar-refractivity contribution in [1.82, 2.24) is 0 Å². The van der Waals surface area contributed by atoms with Crippen LogP contribution in [-0.2, 0) is 0 Å². The van der Waals surface area contributed by atoms with Crippen molar-refractivity contribution in [1.29, 1.82) is 0 Å². The van der Waals surface area contributed by atoms with Crippen LogP contribution >= 0.6 is 0 Å². The largest absolute Gasteiger partial charge is 0.395 e. The summed E-state index contributed by atoms with van der Waals surface area (Å²) in [4.78, 5) is 0. The highest BCUT2D eigenvalue weighted by Gasteiger charge is 2.36. The highest BCUT2D eigenvalue weighted by molar-refractivity contribution is 5.28. The summed E-state index contributed by atoms with van der Waals surface area (Å²) in [5.41, 5.74) is 0.00868. The van der Waals surface area contributed by atoms with E-state index in [0.29, 0.717) is 5.92 Å². The van der Waals surface area contributed by atoms with E-state index in [1.807, 2.05) is 12.2 Å². The third-order valence-corrected chi connectivity index (χ3v) is 2.66. The smallest absolute Gasteiger partial charge is 0.0533 e. The SMILES string of the molecule is OC[C@]12C=CC=C[C@H]1C=CC2. The van der Waals surface area contributed by atoms with Gasteiger partial charge in [-0.1, -0.05) is 36.5 Å². The fraction of sp³-hybridized carbons (Fsp3) is 0.400. The van der Waals surface area contributed by atoms with Gasteiger partial charge in [-0.15, -0.1) is 0 Å². The van der Waals surface area contributed by atoms with Gasteiger partial charge in [-0.05, 0) is 6.42 Å². The summed E-state index contributed by atoms with van der Waals surface area (Å²) in [5.74, 6) is 0.428. The van der Waals surface area contributed by atoms with E-state index in [1.165, 1.54) is 0 Å². The summed E-state index contributed by atoms with van der Waals surface area (Å²) in [7, 11) is 0. The minimum Gasteiger partial charge on any atom is -0.395 e. The molecular weight excluding hydrogens is 136 g/mol. The van der Waals surface area contributed by atoms with Gasteiger partial charge in [-0.25, -0.2) is 0 Å². The third kappa shape index (κ3) is 0.881. The summed E-state index contributed by atoms with van der Waals surface area (Å²) >= 11 is 0. The van der Waals surface area contributed by atoms with E-state index in [4.69, 9.17) is 0 Å². The van der Waals surface area contributed by atoms with Gasteiger partial charge in [0, 0.05) is 11.3 Å². The summed E-state index contributed by atoms with van der Waals surface area (Å²) in [5, 5.41) is 9.23. The molecule has 0 aliphatic heterocycles. The van der Waals surface area contributed by atoms with Gasteiger partial charge in [0.25, 0.3) is 0 Å². The van der Waals surface area contributed by atoms with E-state index in [0.717, 1.165) is 6.42 Å².